The van der Waals surface area contributed by atoms with E-state index in [2.05, 4.69) is 5.32 Å². The van der Waals surface area contributed by atoms with Gasteiger partial charge in [-0.2, -0.15) is 13.2 Å². The Balaban J connectivity index is 2.18. The normalized spacial score (nSPS) is 21.4. The minimum absolute atomic E-state index is 0.117. The lowest BCUT2D eigenvalue weighted by atomic mass is 10.1. The molecule has 0 aliphatic carbocycles. The van der Waals surface area contributed by atoms with Crippen LogP contribution in [0.2, 0.25) is 0 Å². The Bertz CT molecular complexity index is 506. The third-order valence-electron chi connectivity index (χ3n) is 2.69. The van der Waals surface area contributed by atoms with E-state index in [1.807, 2.05) is 6.92 Å². The highest BCUT2D eigenvalue weighted by molar-refractivity contribution is 5.97. The first-order chi connectivity index (χ1) is 8.90. The highest BCUT2D eigenvalue weighted by Crippen LogP contribution is 2.29. The van der Waals surface area contributed by atoms with E-state index in [4.69, 9.17) is 4.74 Å². The smallest absolute Gasteiger partial charge is 0.416 e. The minimum Gasteiger partial charge on any atom is -0.465 e. The number of alkyl halides is 3. The van der Waals surface area contributed by atoms with Crippen LogP contribution < -0.4 is 5.32 Å². The van der Waals surface area contributed by atoms with E-state index < -0.39 is 11.7 Å². The zero-order valence-corrected chi connectivity index (χ0v) is 10.1. The van der Waals surface area contributed by atoms with Gasteiger partial charge in [0.2, 0.25) is 0 Å². The van der Waals surface area contributed by atoms with Gasteiger partial charge in [-0.15, -0.1) is 0 Å². The fourth-order valence-corrected chi connectivity index (χ4v) is 1.66. The van der Waals surface area contributed by atoms with E-state index in [-0.39, 0.29) is 17.9 Å². The first-order valence-corrected chi connectivity index (χ1v) is 5.76. The summed E-state index contributed by atoms with van der Waals surface area (Å²) in [6, 6.07) is 4.53. The van der Waals surface area contributed by atoms with Crippen molar-refractivity contribution < 1.29 is 22.7 Å². The largest absolute Gasteiger partial charge is 0.465 e. The molecular formula is C13H12F3NO2. The van der Waals surface area contributed by atoms with Crippen molar-refractivity contribution in [1.82, 2.24) is 5.32 Å². The van der Waals surface area contributed by atoms with Crippen LogP contribution in [0, 0.1) is 0 Å². The lowest BCUT2D eigenvalue weighted by molar-refractivity contribution is -0.137. The van der Waals surface area contributed by atoms with Crippen LogP contribution in [0.4, 0.5) is 13.2 Å². The molecule has 6 heteroatoms. The van der Waals surface area contributed by atoms with Gasteiger partial charge in [-0.25, -0.2) is 0 Å². The molecule has 1 aromatic carbocycles. The van der Waals surface area contributed by atoms with Crippen LogP contribution in [-0.2, 0) is 15.7 Å². The molecule has 0 bridgehead atoms. The Morgan fingerprint density at radius 3 is 2.42 bits per heavy atom. The molecule has 0 spiro atoms. The molecule has 1 fully saturated rings. The van der Waals surface area contributed by atoms with Crippen LogP contribution in [0.3, 0.4) is 0 Å². The molecule has 1 unspecified atom stereocenters. The van der Waals surface area contributed by atoms with Crippen LogP contribution in [0.15, 0.2) is 30.0 Å². The summed E-state index contributed by atoms with van der Waals surface area (Å²) in [7, 11) is 0. The lowest BCUT2D eigenvalue weighted by Gasteiger charge is -2.06. The van der Waals surface area contributed by atoms with Crippen molar-refractivity contribution in [2.45, 2.75) is 25.7 Å². The van der Waals surface area contributed by atoms with Crippen molar-refractivity contribution in [2.75, 3.05) is 0 Å². The number of hydrogen-bond donors (Lipinski definition) is 1. The summed E-state index contributed by atoms with van der Waals surface area (Å²) in [6.45, 7) is 1.85. The van der Waals surface area contributed by atoms with Crippen LogP contribution in [0.1, 0.15) is 24.5 Å². The SMILES string of the molecule is CCC1NC(=O)/C(=C/c2ccc(C(F)(F)F)cc2)O1. The van der Waals surface area contributed by atoms with Gasteiger partial charge < -0.3 is 10.1 Å². The van der Waals surface area contributed by atoms with E-state index in [1.165, 1.54) is 18.2 Å². The van der Waals surface area contributed by atoms with Crippen molar-refractivity contribution in [3.63, 3.8) is 0 Å². The third kappa shape index (κ3) is 3.07. The number of nitrogens with one attached hydrogen (secondary N) is 1. The Hall–Kier alpha value is -1.98. The summed E-state index contributed by atoms with van der Waals surface area (Å²) in [6.07, 6.45) is -2.69. The Kier molecular flexibility index (Phi) is 3.50. The van der Waals surface area contributed by atoms with Gasteiger partial charge in [-0.05, 0) is 23.8 Å². The number of carbonyl (C=O) groups excluding carboxylic acids is 1. The number of ether oxygens (including phenoxy) is 1. The molecular weight excluding hydrogens is 259 g/mol. The molecule has 19 heavy (non-hydrogen) atoms. The summed E-state index contributed by atoms with van der Waals surface area (Å²) in [5, 5.41) is 2.60. The molecule has 0 aromatic heterocycles. The molecule has 0 saturated carbocycles. The summed E-state index contributed by atoms with van der Waals surface area (Å²) < 4.78 is 42.4. The molecule has 102 valence electrons. The summed E-state index contributed by atoms with van der Waals surface area (Å²) in [4.78, 5) is 11.5. The molecule has 1 amide bonds. The van der Waals surface area contributed by atoms with Gasteiger partial charge in [0.05, 0.1) is 5.56 Å². The van der Waals surface area contributed by atoms with E-state index in [1.54, 1.807) is 0 Å². The fraction of sp³-hybridized carbons (Fsp3) is 0.308. The second-order valence-corrected chi connectivity index (χ2v) is 4.12. The number of hydrogen-bond acceptors (Lipinski definition) is 2. The van der Waals surface area contributed by atoms with Gasteiger partial charge in [0.15, 0.2) is 12.0 Å². The number of rotatable bonds is 2. The van der Waals surface area contributed by atoms with Crippen molar-refractivity contribution in [3.8, 4) is 0 Å². The number of amides is 1. The van der Waals surface area contributed by atoms with Gasteiger partial charge in [0, 0.05) is 6.42 Å². The van der Waals surface area contributed by atoms with Crippen molar-refractivity contribution in [2.24, 2.45) is 0 Å². The Morgan fingerprint density at radius 2 is 1.95 bits per heavy atom. The second kappa shape index (κ2) is 4.95. The van der Waals surface area contributed by atoms with Gasteiger partial charge in [-0.1, -0.05) is 19.1 Å². The van der Waals surface area contributed by atoms with Crippen LogP contribution >= 0.6 is 0 Å². The van der Waals surface area contributed by atoms with Gasteiger partial charge in [-0.3, -0.25) is 4.79 Å². The van der Waals surface area contributed by atoms with E-state index in [9.17, 15) is 18.0 Å². The maximum absolute atomic E-state index is 12.4. The Labute approximate surface area is 108 Å². The molecule has 3 nitrogen and oxygen atoms in total. The van der Waals surface area contributed by atoms with Gasteiger partial charge >= 0.3 is 6.18 Å². The molecule has 1 atom stereocenters. The lowest BCUT2D eigenvalue weighted by Crippen LogP contribution is -2.24. The molecule has 2 rings (SSSR count). The highest BCUT2D eigenvalue weighted by atomic mass is 19.4. The minimum atomic E-state index is -4.36. The van der Waals surface area contributed by atoms with Gasteiger partial charge in [0.1, 0.15) is 0 Å². The molecule has 0 radical (unpaired) electrons. The van der Waals surface area contributed by atoms with E-state index in [0.29, 0.717) is 12.0 Å². The fourth-order valence-electron chi connectivity index (χ4n) is 1.66. The third-order valence-corrected chi connectivity index (χ3v) is 2.69. The van der Waals surface area contributed by atoms with Gasteiger partial charge in [0.25, 0.3) is 5.91 Å². The maximum Gasteiger partial charge on any atom is 0.416 e. The average Bonchev–Trinajstić information content (AvgIpc) is 2.70. The van der Waals surface area contributed by atoms with Crippen LogP contribution in [0.5, 0.6) is 0 Å². The predicted molar refractivity (Wildman–Crippen MR) is 62.7 cm³/mol. The van der Waals surface area contributed by atoms with Crippen molar-refractivity contribution >= 4 is 12.0 Å². The summed E-state index contributed by atoms with van der Waals surface area (Å²) in [5.41, 5.74) is -0.243. The van der Waals surface area contributed by atoms with Crippen LogP contribution in [-0.4, -0.2) is 12.1 Å². The Morgan fingerprint density at radius 1 is 1.32 bits per heavy atom. The molecule has 1 aliphatic heterocycles. The summed E-state index contributed by atoms with van der Waals surface area (Å²) in [5.74, 6) is -0.238. The average molecular weight is 271 g/mol. The zero-order valence-electron chi connectivity index (χ0n) is 10.1. The quantitative estimate of drug-likeness (QED) is 0.840. The van der Waals surface area contributed by atoms with Crippen LogP contribution in [0.25, 0.3) is 6.08 Å². The number of benzene rings is 1. The maximum atomic E-state index is 12.4. The number of carbonyl (C=O) groups is 1. The molecule has 1 heterocycles. The topological polar surface area (TPSA) is 38.3 Å². The zero-order chi connectivity index (χ0) is 14.0. The predicted octanol–water partition coefficient (Wildman–Crippen LogP) is 2.93. The van der Waals surface area contributed by atoms with Crippen molar-refractivity contribution in [3.05, 3.63) is 41.2 Å². The molecule has 1 aliphatic rings. The monoisotopic (exact) mass is 271 g/mol. The number of halogens is 3. The molecule has 1 aromatic rings. The first-order valence-electron chi connectivity index (χ1n) is 5.76. The second-order valence-electron chi connectivity index (χ2n) is 4.12. The highest BCUT2D eigenvalue weighted by Gasteiger charge is 2.30. The van der Waals surface area contributed by atoms with E-state index in [0.717, 1.165) is 12.1 Å². The first kappa shape index (κ1) is 13.5. The standard InChI is InChI=1S/C13H12F3NO2/c1-2-11-17-12(18)10(19-11)7-8-3-5-9(6-4-8)13(14,15)16/h3-7,11H,2H2,1H3,(H,17,18)/b10-7-. The summed E-state index contributed by atoms with van der Waals surface area (Å²) >= 11 is 0. The molecule has 1 saturated heterocycles. The van der Waals surface area contributed by atoms with Crippen molar-refractivity contribution in [1.29, 1.82) is 0 Å². The van der Waals surface area contributed by atoms with E-state index >= 15 is 0 Å². The molecule has 1 N–H and O–H groups in total.